The minimum Gasteiger partial charge on any atom is -0.481 e. The minimum absolute atomic E-state index is 0.139. The average molecular weight is 500 g/mol. The van der Waals surface area contributed by atoms with Gasteiger partial charge in [0, 0.05) is 29.2 Å². The molecule has 0 unspecified atom stereocenters. The van der Waals surface area contributed by atoms with Gasteiger partial charge in [0.05, 0.1) is 24.5 Å². The third-order valence-electron chi connectivity index (χ3n) is 6.49. The summed E-state index contributed by atoms with van der Waals surface area (Å²) >= 11 is 6.05. The van der Waals surface area contributed by atoms with Crippen LogP contribution in [0.1, 0.15) is 34.8 Å². The molecule has 0 fully saturated rings. The number of aliphatic carboxylic acids is 1. The van der Waals surface area contributed by atoms with Gasteiger partial charge < -0.3 is 9.67 Å². The van der Waals surface area contributed by atoms with Gasteiger partial charge in [0.2, 0.25) is 0 Å². The predicted molar refractivity (Wildman–Crippen MR) is 137 cm³/mol. The molecule has 9 heteroatoms. The third kappa shape index (κ3) is 3.93. The first-order valence-corrected chi connectivity index (χ1v) is 11.7. The summed E-state index contributed by atoms with van der Waals surface area (Å²) in [5.41, 5.74) is 4.22. The van der Waals surface area contributed by atoms with E-state index in [-0.39, 0.29) is 24.3 Å². The number of aryl methyl sites for hydroxylation is 2. The molecule has 0 amide bonds. The monoisotopic (exact) mass is 499 g/mol. The molecule has 3 aromatic heterocycles. The van der Waals surface area contributed by atoms with Crippen LogP contribution in [-0.4, -0.2) is 29.8 Å². The number of hydrogen-bond acceptors (Lipinski definition) is 4. The molecule has 0 aliphatic carbocycles. The SMILES string of the molecule is Cc1cccc2c1c(Cn1c(=O)n([C@H](CC(=O)O)c3ccc(Cl)cc3)c3nc(C#N)ccc31)cn2C. The van der Waals surface area contributed by atoms with Gasteiger partial charge in [-0.2, -0.15) is 5.26 Å². The van der Waals surface area contributed by atoms with E-state index < -0.39 is 17.7 Å². The lowest BCUT2D eigenvalue weighted by atomic mass is 10.0. The fourth-order valence-electron chi connectivity index (χ4n) is 4.88. The number of rotatable bonds is 6. The Balaban J connectivity index is 1.76. The number of carboxylic acid groups (broad SMARTS) is 1. The molecule has 36 heavy (non-hydrogen) atoms. The number of nitrogens with zero attached hydrogens (tertiary/aromatic N) is 5. The van der Waals surface area contributed by atoms with Crippen LogP contribution < -0.4 is 5.69 Å². The van der Waals surface area contributed by atoms with Gasteiger partial charge in [-0.3, -0.25) is 13.9 Å². The number of benzene rings is 2. The summed E-state index contributed by atoms with van der Waals surface area (Å²) < 4.78 is 5.00. The number of imidazole rings is 1. The third-order valence-corrected chi connectivity index (χ3v) is 6.74. The van der Waals surface area contributed by atoms with Gasteiger partial charge in [-0.1, -0.05) is 35.9 Å². The zero-order valence-electron chi connectivity index (χ0n) is 19.6. The quantitative estimate of drug-likeness (QED) is 0.366. The van der Waals surface area contributed by atoms with Crippen molar-refractivity contribution in [2.75, 3.05) is 0 Å². The van der Waals surface area contributed by atoms with Crippen LogP contribution in [0, 0.1) is 18.3 Å². The van der Waals surface area contributed by atoms with E-state index >= 15 is 0 Å². The Morgan fingerprint density at radius 2 is 1.89 bits per heavy atom. The molecule has 5 aromatic rings. The zero-order valence-corrected chi connectivity index (χ0v) is 20.4. The van der Waals surface area contributed by atoms with Crippen molar-refractivity contribution >= 4 is 39.6 Å². The lowest BCUT2D eigenvalue weighted by Crippen LogP contribution is -2.30. The molecule has 0 bridgehead atoms. The highest BCUT2D eigenvalue weighted by atomic mass is 35.5. The molecule has 3 heterocycles. The molecule has 1 atom stereocenters. The number of fused-ring (bicyclic) bond motifs is 2. The van der Waals surface area contributed by atoms with Gasteiger partial charge in [0.1, 0.15) is 11.8 Å². The van der Waals surface area contributed by atoms with Gasteiger partial charge in [0.25, 0.3) is 0 Å². The molecule has 0 saturated heterocycles. The van der Waals surface area contributed by atoms with E-state index in [1.54, 1.807) is 41.0 Å². The molecule has 5 rings (SSSR count). The van der Waals surface area contributed by atoms with Crippen LogP contribution in [0.25, 0.3) is 22.1 Å². The Morgan fingerprint density at radius 1 is 1.14 bits per heavy atom. The number of carboxylic acids is 1. The topological polar surface area (TPSA) is 106 Å². The van der Waals surface area contributed by atoms with Crippen LogP contribution in [-0.2, 0) is 18.4 Å². The second-order valence-electron chi connectivity index (χ2n) is 8.79. The second kappa shape index (κ2) is 9.02. The molecule has 2 aromatic carbocycles. The highest BCUT2D eigenvalue weighted by Gasteiger charge is 2.26. The number of pyridine rings is 1. The van der Waals surface area contributed by atoms with Crippen LogP contribution in [0.5, 0.6) is 0 Å². The van der Waals surface area contributed by atoms with Crippen molar-refractivity contribution in [3.63, 3.8) is 0 Å². The molecule has 0 aliphatic rings. The molecule has 0 aliphatic heterocycles. The summed E-state index contributed by atoms with van der Waals surface area (Å²) in [4.78, 5) is 30.2. The fraction of sp³-hybridized carbons (Fsp3) is 0.185. The van der Waals surface area contributed by atoms with Gasteiger partial charge in [-0.25, -0.2) is 9.78 Å². The zero-order chi connectivity index (χ0) is 25.6. The number of nitriles is 1. The average Bonchev–Trinajstić information content (AvgIpc) is 3.32. The van der Waals surface area contributed by atoms with Crippen LogP contribution in [0.4, 0.5) is 0 Å². The predicted octanol–water partition coefficient (Wildman–Crippen LogP) is 4.64. The van der Waals surface area contributed by atoms with Gasteiger partial charge >= 0.3 is 11.7 Å². The number of hydrogen-bond donors (Lipinski definition) is 1. The largest absolute Gasteiger partial charge is 0.481 e. The number of halogens is 1. The highest BCUT2D eigenvalue weighted by Crippen LogP contribution is 2.29. The first-order valence-electron chi connectivity index (χ1n) is 11.3. The molecular formula is C27H22ClN5O3. The molecule has 8 nitrogen and oxygen atoms in total. The van der Waals surface area contributed by atoms with Crippen molar-refractivity contribution in [3.8, 4) is 6.07 Å². The van der Waals surface area contributed by atoms with Crippen LogP contribution in [0.2, 0.25) is 5.02 Å². The van der Waals surface area contributed by atoms with Crippen molar-refractivity contribution in [1.82, 2.24) is 18.7 Å². The first-order chi connectivity index (χ1) is 17.3. The number of carbonyl (C=O) groups is 1. The Labute approximate surface area is 211 Å². The molecule has 0 saturated carbocycles. The van der Waals surface area contributed by atoms with Gasteiger partial charge in [-0.05, 0) is 53.9 Å². The molecule has 0 spiro atoms. The minimum atomic E-state index is -1.07. The van der Waals surface area contributed by atoms with E-state index in [0.29, 0.717) is 16.1 Å². The van der Waals surface area contributed by atoms with E-state index in [0.717, 1.165) is 22.0 Å². The van der Waals surface area contributed by atoms with E-state index in [1.807, 2.05) is 49.0 Å². The summed E-state index contributed by atoms with van der Waals surface area (Å²) in [7, 11) is 1.96. The maximum absolute atomic E-state index is 14.0. The van der Waals surface area contributed by atoms with E-state index in [2.05, 4.69) is 4.98 Å². The Morgan fingerprint density at radius 3 is 2.58 bits per heavy atom. The highest BCUT2D eigenvalue weighted by molar-refractivity contribution is 6.30. The summed E-state index contributed by atoms with van der Waals surface area (Å²) in [5, 5.41) is 20.7. The van der Waals surface area contributed by atoms with Gasteiger partial charge in [-0.15, -0.1) is 0 Å². The molecular weight excluding hydrogens is 478 g/mol. The van der Waals surface area contributed by atoms with Crippen molar-refractivity contribution < 1.29 is 9.90 Å². The lowest BCUT2D eigenvalue weighted by molar-refractivity contribution is -0.137. The molecule has 1 N–H and O–H groups in total. The summed E-state index contributed by atoms with van der Waals surface area (Å²) in [5.74, 6) is -1.07. The van der Waals surface area contributed by atoms with E-state index in [9.17, 15) is 20.0 Å². The smallest absolute Gasteiger partial charge is 0.331 e. The summed E-state index contributed by atoms with van der Waals surface area (Å²) in [6.45, 7) is 2.29. The second-order valence-corrected chi connectivity index (χ2v) is 9.23. The Hall–Kier alpha value is -4.35. The van der Waals surface area contributed by atoms with E-state index in [1.165, 1.54) is 4.57 Å². The first kappa shape index (κ1) is 23.4. The number of aromatic nitrogens is 4. The lowest BCUT2D eigenvalue weighted by Gasteiger charge is -2.17. The maximum Gasteiger partial charge on any atom is 0.331 e. The van der Waals surface area contributed by atoms with Crippen LogP contribution in [0.15, 0.2) is 65.6 Å². The van der Waals surface area contributed by atoms with Crippen LogP contribution in [0.3, 0.4) is 0 Å². The van der Waals surface area contributed by atoms with Crippen molar-refractivity contribution in [2.24, 2.45) is 7.05 Å². The van der Waals surface area contributed by atoms with Crippen LogP contribution >= 0.6 is 11.6 Å². The molecule has 180 valence electrons. The fourth-order valence-corrected chi connectivity index (χ4v) is 5.01. The van der Waals surface area contributed by atoms with Crippen molar-refractivity contribution in [2.45, 2.75) is 25.9 Å². The summed E-state index contributed by atoms with van der Waals surface area (Å²) in [6.07, 6.45) is 1.66. The van der Waals surface area contributed by atoms with E-state index in [4.69, 9.17) is 11.6 Å². The molecule has 0 radical (unpaired) electrons. The summed E-state index contributed by atoms with van der Waals surface area (Å²) in [6, 6.07) is 17.2. The van der Waals surface area contributed by atoms with Gasteiger partial charge in [0.15, 0.2) is 5.65 Å². The van der Waals surface area contributed by atoms with Crippen molar-refractivity contribution in [3.05, 3.63) is 98.7 Å². The standard InChI is InChI=1S/C27H22ClN5O3/c1-16-4-3-5-21-25(16)18(14-31(21)2)15-32-22-11-10-20(13-29)30-26(22)33(27(32)36)23(12-24(34)35)17-6-8-19(28)9-7-17/h3-11,14,23H,12,15H2,1-2H3,(H,34,35)/t23-/m1/s1. The normalized spacial score (nSPS) is 12.2. The Kier molecular flexibility index (Phi) is 5.86. The Bertz CT molecular complexity index is 1740. The maximum atomic E-state index is 14.0. The van der Waals surface area contributed by atoms with Crippen molar-refractivity contribution in [1.29, 1.82) is 5.26 Å².